The van der Waals surface area contributed by atoms with Crippen LogP contribution in [0.5, 0.6) is 0 Å². The van der Waals surface area contributed by atoms with Crippen LogP contribution in [0, 0.1) is 6.92 Å². The van der Waals surface area contributed by atoms with Crippen molar-refractivity contribution in [2.75, 3.05) is 5.43 Å². The zero-order chi connectivity index (χ0) is 18.4. The molecular weight excluding hydrogens is 378 g/mol. The summed E-state index contributed by atoms with van der Waals surface area (Å²) in [6, 6.07) is 18.5. The molecule has 2 aromatic carbocycles. The van der Waals surface area contributed by atoms with Gasteiger partial charge in [-0.25, -0.2) is 9.66 Å². The average Bonchev–Trinajstić information content (AvgIpc) is 3.24. The molecule has 1 atom stereocenters. The molecule has 0 spiro atoms. The highest BCUT2D eigenvalue weighted by Gasteiger charge is 2.29. The van der Waals surface area contributed by atoms with Crippen LogP contribution in [-0.4, -0.2) is 19.9 Å². The Morgan fingerprint density at radius 2 is 1.96 bits per heavy atom. The van der Waals surface area contributed by atoms with Crippen molar-refractivity contribution >= 4 is 34.3 Å². The fourth-order valence-electron chi connectivity index (χ4n) is 3.25. The lowest BCUT2D eigenvalue weighted by Crippen LogP contribution is -2.16. The van der Waals surface area contributed by atoms with E-state index in [0.29, 0.717) is 5.15 Å². The van der Waals surface area contributed by atoms with Crippen LogP contribution in [0.1, 0.15) is 27.9 Å². The van der Waals surface area contributed by atoms with Gasteiger partial charge < -0.3 is 5.43 Å². The number of aryl methyl sites for hydroxylation is 1. The molecule has 0 amide bonds. The van der Waals surface area contributed by atoms with Crippen molar-refractivity contribution in [3.05, 3.63) is 82.3 Å². The van der Waals surface area contributed by atoms with E-state index >= 15 is 0 Å². The molecule has 2 aromatic heterocycles. The molecule has 0 aliphatic carbocycles. The number of thioether (sulfide) groups is 1. The Labute approximate surface area is 165 Å². The third-order valence-electron chi connectivity index (χ3n) is 4.61. The van der Waals surface area contributed by atoms with Crippen LogP contribution in [0.3, 0.4) is 0 Å². The predicted molar refractivity (Wildman–Crippen MR) is 109 cm³/mol. The van der Waals surface area contributed by atoms with Gasteiger partial charge in [0, 0.05) is 17.4 Å². The standard InChI is InChI=1S/C20H16ClN5S/c1-12-7-8-16-14(9-12)11-15(18(21)22-16)19-25-26-17(23-24-20(26)27-19)10-13-5-3-2-4-6-13/h2-9,11,19,25H,10H2,1H3. The molecule has 27 heavy (non-hydrogen) atoms. The molecule has 1 unspecified atom stereocenters. The predicted octanol–water partition coefficient (Wildman–Crippen LogP) is 4.73. The molecule has 3 heterocycles. The highest BCUT2D eigenvalue weighted by atomic mass is 35.5. The molecule has 0 radical (unpaired) electrons. The van der Waals surface area contributed by atoms with E-state index < -0.39 is 0 Å². The Morgan fingerprint density at radius 1 is 1.11 bits per heavy atom. The molecule has 1 aliphatic rings. The molecule has 0 bridgehead atoms. The summed E-state index contributed by atoms with van der Waals surface area (Å²) in [5.41, 5.74) is 7.73. The monoisotopic (exact) mass is 393 g/mol. The van der Waals surface area contributed by atoms with Crippen LogP contribution < -0.4 is 5.43 Å². The molecule has 1 N–H and O–H groups in total. The van der Waals surface area contributed by atoms with Crippen LogP contribution >= 0.6 is 23.4 Å². The summed E-state index contributed by atoms with van der Waals surface area (Å²) in [5, 5.41) is 11.0. The Hall–Kier alpha value is -2.57. The quantitative estimate of drug-likeness (QED) is 0.510. The SMILES string of the molecule is Cc1ccc2nc(Cl)c(C3Nn4c(Cc5ccccc5)nnc4S3)cc2c1. The second-order valence-electron chi connectivity index (χ2n) is 6.59. The van der Waals surface area contributed by atoms with Gasteiger partial charge in [0.15, 0.2) is 5.82 Å². The van der Waals surface area contributed by atoms with E-state index in [1.165, 1.54) is 11.1 Å². The minimum absolute atomic E-state index is 0.0464. The Bertz CT molecular complexity index is 1140. The molecule has 0 saturated heterocycles. The number of halogens is 1. The number of nitrogens with zero attached hydrogens (tertiary/aromatic N) is 4. The zero-order valence-corrected chi connectivity index (χ0v) is 16.1. The van der Waals surface area contributed by atoms with Crippen LogP contribution in [0.2, 0.25) is 5.15 Å². The van der Waals surface area contributed by atoms with Crippen LogP contribution in [0.25, 0.3) is 10.9 Å². The van der Waals surface area contributed by atoms with Crippen LogP contribution in [-0.2, 0) is 6.42 Å². The van der Waals surface area contributed by atoms with Gasteiger partial charge in [-0.1, -0.05) is 65.3 Å². The molecular formula is C20H16ClN5S. The number of aromatic nitrogens is 4. The third kappa shape index (κ3) is 3.05. The summed E-state index contributed by atoms with van der Waals surface area (Å²) in [5.74, 6) is 0.881. The molecule has 0 fully saturated rings. The van der Waals surface area contributed by atoms with E-state index in [1.54, 1.807) is 11.8 Å². The van der Waals surface area contributed by atoms with Crippen molar-refractivity contribution in [1.82, 2.24) is 19.9 Å². The van der Waals surface area contributed by atoms with E-state index in [9.17, 15) is 0 Å². The number of fused-ring (bicyclic) bond motifs is 2. The second kappa shape index (κ2) is 6.55. The van der Waals surface area contributed by atoms with Gasteiger partial charge in [0.05, 0.1) is 5.52 Å². The van der Waals surface area contributed by atoms with Crippen molar-refractivity contribution in [1.29, 1.82) is 0 Å². The van der Waals surface area contributed by atoms with E-state index in [1.807, 2.05) is 35.0 Å². The largest absolute Gasteiger partial charge is 0.304 e. The normalized spacial score (nSPS) is 15.7. The lowest BCUT2D eigenvalue weighted by Gasteiger charge is -2.14. The van der Waals surface area contributed by atoms with Crippen LogP contribution in [0.15, 0.2) is 59.8 Å². The number of nitrogens with one attached hydrogen (secondary N) is 1. The van der Waals surface area contributed by atoms with Gasteiger partial charge >= 0.3 is 0 Å². The summed E-state index contributed by atoms with van der Waals surface area (Å²) in [6.07, 6.45) is 0.719. The van der Waals surface area contributed by atoms with Crippen molar-refractivity contribution < 1.29 is 0 Å². The van der Waals surface area contributed by atoms with Gasteiger partial charge in [-0.2, -0.15) is 0 Å². The Balaban J connectivity index is 1.46. The highest BCUT2D eigenvalue weighted by Crippen LogP contribution is 2.41. The van der Waals surface area contributed by atoms with Crippen molar-refractivity contribution in [2.24, 2.45) is 0 Å². The van der Waals surface area contributed by atoms with Crippen molar-refractivity contribution in [2.45, 2.75) is 23.9 Å². The number of pyridine rings is 1. The third-order valence-corrected chi connectivity index (χ3v) is 5.98. The van der Waals surface area contributed by atoms with Crippen molar-refractivity contribution in [3.63, 3.8) is 0 Å². The fourth-order valence-corrected chi connectivity index (χ4v) is 4.60. The number of hydrogen-bond acceptors (Lipinski definition) is 5. The molecule has 134 valence electrons. The Kier molecular flexibility index (Phi) is 4.02. The lowest BCUT2D eigenvalue weighted by molar-refractivity contribution is 0.746. The molecule has 1 aliphatic heterocycles. The maximum absolute atomic E-state index is 6.49. The fraction of sp³-hybridized carbons (Fsp3) is 0.150. The summed E-state index contributed by atoms with van der Waals surface area (Å²) in [4.78, 5) is 4.57. The van der Waals surface area contributed by atoms with E-state index in [2.05, 4.69) is 51.8 Å². The second-order valence-corrected chi connectivity index (χ2v) is 8.02. The average molecular weight is 394 g/mol. The zero-order valence-electron chi connectivity index (χ0n) is 14.6. The van der Waals surface area contributed by atoms with Gasteiger partial charge in [-0.05, 0) is 30.7 Å². The number of hydrogen-bond donors (Lipinski definition) is 1. The maximum Gasteiger partial charge on any atom is 0.212 e. The first kappa shape index (κ1) is 16.6. The maximum atomic E-state index is 6.49. The summed E-state index contributed by atoms with van der Waals surface area (Å²) in [6.45, 7) is 2.08. The minimum atomic E-state index is -0.0464. The first-order valence-corrected chi connectivity index (χ1v) is 9.91. The minimum Gasteiger partial charge on any atom is -0.304 e. The molecule has 7 heteroatoms. The number of rotatable bonds is 3. The van der Waals surface area contributed by atoms with Gasteiger partial charge in [-0.3, -0.25) is 0 Å². The molecule has 0 saturated carbocycles. The van der Waals surface area contributed by atoms with Crippen molar-refractivity contribution in [3.8, 4) is 0 Å². The highest BCUT2D eigenvalue weighted by molar-refractivity contribution is 7.99. The summed E-state index contributed by atoms with van der Waals surface area (Å²) in [7, 11) is 0. The number of benzene rings is 2. The molecule has 4 aromatic rings. The lowest BCUT2D eigenvalue weighted by atomic mass is 10.1. The van der Waals surface area contributed by atoms with Gasteiger partial charge in [0.1, 0.15) is 10.5 Å². The molecule has 5 nitrogen and oxygen atoms in total. The van der Waals surface area contributed by atoms with E-state index in [0.717, 1.165) is 33.9 Å². The topological polar surface area (TPSA) is 55.6 Å². The smallest absolute Gasteiger partial charge is 0.212 e. The first-order valence-electron chi connectivity index (χ1n) is 8.65. The summed E-state index contributed by atoms with van der Waals surface area (Å²) >= 11 is 8.09. The van der Waals surface area contributed by atoms with Crippen LogP contribution in [0.4, 0.5) is 0 Å². The van der Waals surface area contributed by atoms with E-state index in [4.69, 9.17) is 11.6 Å². The van der Waals surface area contributed by atoms with E-state index in [-0.39, 0.29) is 5.37 Å². The van der Waals surface area contributed by atoms with Gasteiger partial charge in [0.2, 0.25) is 5.16 Å². The van der Waals surface area contributed by atoms with Gasteiger partial charge in [-0.15, -0.1) is 10.2 Å². The molecule has 5 rings (SSSR count). The Morgan fingerprint density at radius 3 is 2.81 bits per heavy atom. The first-order chi connectivity index (χ1) is 13.2. The summed E-state index contributed by atoms with van der Waals surface area (Å²) < 4.78 is 1.96. The van der Waals surface area contributed by atoms with Gasteiger partial charge in [0.25, 0.3) is 0 Å².